The summed E-state index contributed by atoms with van der Waals surface area (Å²) in [6.45, 7) is 4.82. The normalized spacial score (nSPS) is 10.6. The van der Waals surface area contributed by atoms with Crippen LogP contribution in [-0.4, -0.2) is 31.7 Å². The average molecular weight is 476 g/mol. The third kappa shape index (κ3) is 8.19. The van der Waals surface area contributed by atoms with Gasteiger partial charge in [0.1, 0.15) is 18.8 Å². The molecule has 0 saturated heterocycles. The number of ether oxygens (including phenoxy) is 3. The van der Waals surface area contributed by atoms with Crippen molar-refractivity contribution in [1.29, 1.82) is 0 Å². The van der Waals surface area contributed by atoms with Gasteiger partial charge >= 0.3 is 0 Å². The first kappa shape index (κ1) is 25.3. The zero-order valence-electron chi connectivity index (χ0n) is 20.0. The predicted octanol–water partition coefficient (Wildman–Crippen LogP) is 4.46. The van der Waals surface area contributed by atoms with Crippen LogP contribution in [0.5, 0.6) is 17.2 Å². The summed E-state index contributed by atoms with van der Waals surface area (Å²) in [7, 11) is 1.56. The van der Waals surface area contributed by atoms with Gasteiger partial charge in [-0.05, 0) is 67.4 Å². The van der Waals surface area contributed by atoms with E-state index in [1.54, 1.807) is 49.6 Å². The maximum absolute atomic E-state index is 12.1. The van der Waals surface area contributed by atoms with Crippen LogP contribution >= 0.6 is 0 Å². The standard InChI is InChI=1S/C27H29N3O5/c1-4-34-25-15-21(9-14-24(25)35-18-20-7-5-19(2)6-8-20)17-28-30-27(32)16-26(31)29-22-10-12-23(33-3)13-11-22/h5-15,17H,4,16,18H2,1-3H3,(H,29,31)(H,30,32). The molecular weight excluding hydrogens is 446 g/mol. The summed E-state index contributed by atoms with van der Waals surface area (Å²) in [5.74, 6) is 0.887. The smallest absolute Gasteiger partial charge is 0.249 e. The van der Waals surface area contributed by atoms with Gasteiger partial charge in [0.05, 0.1) is 19.9 Å². The number of nitrogens with one attached hydrogen (secondary N) is 2. The van der Waals surface area contributed by atoms with Crippen molar-refractivity contribution in [3.63, 3.8) is 0 Å². The van der Waals surface area contributed by atoms with Gasteiger partial charge in [-0.25, -0.2) is 5.43 Å². The highest BCUT2D eigenvalue weighted by Crippen LogP contribution is 2.29. The molecule has 3 rings (SSSR count). The minimum Gasteiger partial charge on any atom is -0.497 e. The number of hydrogen-bond donors (Lipinski definition) is 2. The number of amides is 2. The average Bonchev–Trinajstić information content (AvgIpc) is 2.85. The number of hydrogen-bond acceptors (Lipinski definition) is 6. The van der Waals surface area contributed by atoms with E-state index in [9.17, 15) is 9.59 Å². The molecule has 35 heavy (non-hydrogen) atoms. The van der Waals surface area contributed by atoms with E-state index in [4.69, 9.17) is 14.2 Å². The zero-order chi connectivity index (χ0) is 25.0. The van der Waals surface area contributed by atoms with E-state index in [1.807, 2.05) is 38.1 Å². The molecule has 2 N–H and O–H groups in total. The number of methoxy groups -OCH3 is 1. The summed E-state index contributed by atoms with van der Waals surface area (Å²) < 4.78 is 16.7. The van der Waals surface area contributed by atoms with Gasteiger partial charge in [0.15, 0.2) is 11.5 Å². The molecular formula is C27H29N3O5. The van der Waals surface area contributed by atoms with Crippen molar-refractivity contribution in [2.45, 2.75) is 26.9 Å². The van der Waals surface area contributed by atoms with E-state index in [-0.39, 0.29) is 6.42 Å². The van der Waals surface area contributed by atoms with Gasteiger partial charge in [-0.2, -0.15) is 5.10 Å². The van der Waals surface area contributed by atoms with Crippen LogP contribution in [0.2, 0.25) is 0 Å². The van der Waals surface area contributed by atoms with Crippen molar-refractivity contribution in [2.75, 3.05) is 19.0 Å². The fraction of sp³-hybridized carbons (Fsp3) is 0.222. The van der Waals surface area contributed by atoms with Gasteiger partial charge in [-0.1, -0.05) is 29.8 Å². The second-order valence-electron chi connectivity index (χ2n) is 7.66. The van der Waals surface area contributed by atoms with Gasteiger partial charge in [0.25, 0.3) is 0 Å². The zero-order valence-corrected chi connectivity index (χ0v) is 20.0. The monoisotopic (exact) mass is 475 g/mol. The maximum Gasteiger partial charge on any atom is 0.249 e. The van der Waals surface area contributed by atoms with Gasteiger partial charge in [-0.15, -0.1) is 0 Å². The summed E-state index contributed by atoms with van der Waals surface area (Å²) >= 11 is 0. The third-order valence-corrected chi connectivity index (χ3v) is 4.88. The number of carbonyl (C=O) groups excluding carboxylic acids is 2. The molecule has 0 unspecified atom stereocenters. The molecule has 0 saturated carbocycles. The van der Waals surface area contributed by atoms with Crippen LogP contribution < -0.4 is 25.0 Å². The second kappa shape index (κ2) is 12.8. The van der Waals surface area contributed by atoms with Gasteiger partial charge < -0.3 is 19.5 Å². The fourth-order valence-electron chi connectivity index (χ4n) is 3.08. The topological polar surface area (TPSA) is 98.2 Å². The lowest BCUT2D eigenvalue weighted by atomic mass is 10.2. The molecule has 0 aromatic heterocycles. The molecule has 0 atom stereocenters. The summed E-state index contributed by atoms with van der Waals surface area (Å²) in [5, 5.41) is 6.59. The Bertz CT molecular complexity index is 1160. The van der Waals surface area contributed by atoms with Crippen molar-refractivity contribution < 1.29 is 23.8 Å². The molecule has 0 spiro atoms. The van der Waals surface area contributed by atoms with Crippen LogP contribution in [0.15, 0.2) is 71.8 Å². The quantitative estimate of drug-likeness (QED) is 0.242. The number of nitrogens with zero attached hydrogens (tertiary/aromatic N) is 1. The first-order chi connectivity index (χ1) is 17.0. The summed E-state index contributed by atoms with van der Waals surface area (Å²) in [4.78, 5) is 24.1. The van der Waals surface area contributed by atoms with E-state index >= 15 is 0 Å². The Morgan fingerprint density at radius 3 is 2.34 bits per heavy atom. The molecule has 0 fully saturated rings. The van der Waals surface area contributed by atoms with Gasteiger partial charge in [0.2, 0.25) is 11.8 Å². The first-order valence-corrected chi connectivity index (χ1v) is 11.2. The minimum absolute atomic E-state index is 0.362. The van der Waals surface area contributed by atoms with Crippen molar-refractivity contribution in [3.05, 3.63) is 83.4 Å². The maximum atomic E-state index is 12.1. The SMILES string of the molecule is CCOc1cc(C=NNC(=O)CC(=O)Nc2ccc(OC)cc2)ccc1OCc1ccc(C)cc1. The molecule has 3 aromatic carbocycles. The Morgan fingerprint density at radius 2 is 1.66 bits per heavy atom. The van der Waals surface area contributed by atoms with Crippen LogP contribution in [0.3, 0.4) is 0 Å². The summed E-state index contributed by atoms with van der Waals surface area (Å²) in [5.41, 5.74) is 5.89. The van der Waals surface area contributed by atoms with Crippen molar-refractivity contribution in [3.8, 4) is 17.2 Å². The number of anilines is 1. The van der Waals surface area contributed by atoms with Crippen molar-refractivity contribution in [2.24, 2.45) is 5.10 Å². The number of carbonyl (C=O) groups is 2. The Hall–Kier alpha value is -4.33. The van der Waals surface area contributed by atoms with Crippen molar-refractivity contribution in [1.82, 2.24) is 5.43 Å². The minimum atomic E-state index is -0.532. The second-order valence-corrected chi connectivity index (χ2v) is 7.66. The van der Waals surface area contributed by atoms with Gasteiger partial charge in [0, 0.05) is 5.69 Å². The Morgan fingerprint density at radius 1 is 0.914 bits per heavy atom. The summed E-state index contributed by atoms with van der Waals surface area (Å²) in [6, 6.07) is 20.3. The first-order valence-electron chi connectivity index (χ1n) is 11.2. The highest BCUT2D eigenvalue weighted by molar-refractivity contribution is 6.03. The molecule has 0 radical (unpaired) electrons. The van der Waals surface area contributed by atoms with Crippen LogP contribution in [-0.2, 0) is 16.2 Å². The Balaban J connectivity index is 1.52. The molecule has 0 aliphatic heterocycles. The molecule has 8 nitrogen and oxygen atoms in total. The molecule has 0 aliphatic carbocycles. The van der Waals surface area contributed by atoms with Crippen LogP contribution in [0.1, 0.15) is 30.0 Å². The molecule has 2 amide bonds. The summed E-state index contributed by atoms with van der Waals surface area (Å²) in [6.07, 6.45) is 1.12. The Labute approximate surface area is 204 Å². The predicted molar refractivity (Wildman–Crippen MR) is 135 cm³/mol. The Kier molecular flexibility index (Phi) is 9.24. The number of benzene rings is 3. The van der Waals surface area contributed by atoms with E-state index in [0.29, 0.717) is 41.7 Å². The van der Waals surface area contributed by atoms with E-state index in [2.05, 4.69) is 15.8 Å². The number of rotatable bonds is 11. The largest absolute Gasteiger partial charge is 0.497 e. The molecule has 182 valence electrons. The highest BCUT2D eigenvalue weighted by Gasteiger charge is 2.10. The van der Waals surface area contributed by atoms with Gasteiger partial charge in [-0.3, -0.25) is 9.59 Å². The molecule has 0 heterocycles. The van der Waals surface area contributed by atoms with Crippen LogP contribution in [0.25, 0.3) is 0 Å². The van der Waals surface area contributed by atoms with E-state index in [0.717, 1.165) is 5.56 Å². The lowest BCUT2D eigenvalue weighted by Gasteiger charge is -2.12. The highest BCUT2D eigenvalue weighted by atomic mass is 16.5. The molecule has 3 aromatic rings. The van der Waals surface area contributed by atoms with E-state index < -0.39 is 11.8 Å². The third-order valence-electron chi connectivity index (χ3n) is 4.88. The molecule has 0 aliphatic rings. The van der Waals surface area contributed by atoms with E-state index in [1.165, 1.54) is 11.8 Å². The molecule has 8 heteroatoms. The van der Waals surface area contributed by atoms with Crippen LogP contribution in [0.4, 0.5) is 5.69 Å². The van der Waals surface area contributed by atoms with Crippen LogP contribution in [0, 0.1) is 6.92 Å². The molecule has 0 bridgehead atoms. The lowest BCUT2D eigenvalue weighted by Crippen LogP contribution is -2.24. The number of hydrazone groups is 1. The van der Waals surface area contributed by atoms with Crippen molar-refractivity contribution >= 4 is 23.7 Å². The fourth-order valence-corrected chi connectivity index (χ4v) is 3.08. The lowest BCUT2D eigenvalue weighted by molar-refractivity contribution is -0.126. The number of aryl methyl sites for hydroxylation is 1.